The van der Waals surface area contributed by atoms with Crippen LogP contribution < -0.4 is 4.74 Å². The van der Waals surface area contributed by atoms with Gasteiger partial charge in [-0.1, -0.05) is 18.2 Å². The third kappa shape index (κ3) is 4.22. The number of aromatic amines is 1. The largest absolute Gasteiger partial charge is 0.497 e. The first kappa shape index (κ1) is 19.9. The quantitative estimate of drug-likeness (QED) is 0.666. The molecule has 3 heterocycles. The van der Waals surface area contributed by atoms with Crippen molar-refractivity contribution in [2.24, 2.45) is 0 Å². The van der Waals surface area contributed by atoms with E-state index < -0.39 is 0 Å². The number of nitrogens with zero attached hydrogens (tertiary/aromatic N) is 3. The molecule has 2 saturated heterocycles. The summed E-state index contributed by atoms with van der Waals surface area (Å²) in [5.74, 6) is 3.50. The van der Waals surface area contributed by atoms with E-state index in [1.165, 1.54) is 72.4 Å². The maximum Gasteiger partial charge on any atom is 0.119 e. The van der Waals surface area contributed by atoms with Crippen molar-refractivity contribution < 1.29 is 4.74 Å². The summed E-state index contributed by atoms with van der Waals surface area (Å²) in [5.41, 5.74) is 3.62. The summed E-state index contributed by atoms with van der Waals surface area (Å²) < 4.78 is 5.35. The Hall–Kier alpha value is -2.02. The lowest BCUT2D eigenvalue weighted by Crippen LogP contribution is -2.47. The molecule has 0 saturated carbocycles. The normalized spacial score (nSPS) is 19.4. The molecule has 2 aliphatic heterocycles. The Morgan fingerprint density at radius 3 is 2.60 bits per heavy atom. The number of fused-ring (bicyclic) bond motifs is 1. The van der Waals surface area contributed by atoms with Gasteiger partial charge in [0.2, 0.25) is 0 Å². The zero-order chi connectivity index (χ0) is 20.3. The number of methoxy groups -OCH3 is 1. The number of thioether (sulfide) groups is 1. The van der Waals surface area contributed by atoms with Gasteiger partial charge in [-0.25, -0.2) is 0 Å². The minimum Gasteiger partial charge on any atom is -0.497 e. The van der Waals surface area contributed by atoms with E-state index in [0.29, 0.717) is 0 Å². The van der Waals surface area contributed by atoms with Crippen molar-refractivity contribution in [2.75, 3.05) is 44.8 Å². The van der Waals surface area contributed by atoms with Gasteiger partial charge in [-0.3, -0.25) is 14.9 Å². The van der Waals surface area contributed by atoms with Crippen molar-refractivity contribution in [1.82, 2.24) is 20.0 Å². The predicted octanol–water partition coefficient (Wildman–Crippen LogP) is 4.25. The smallest absolute Gasteiger partial charge is 0.119 e. The van der Waals surface area contributed by atoms with E-state index in [1.54, 1.807) is 7.11 Å². The Kier molecular flexibility index (Phi) is 5.97. The van der Waals surface area contributed by atoms with Gasteiger partial charge in [0.25, 0.3) is 0 Å². The van der Waals surface area contributed by atoms with E-state index >= 15 is 0 Å². The topological polar surface area (TPSA) is 44.4 Å². The molecule has 158 valence electrons. The molecule has 2 fully saturated rings. The van der Waals surface area contributed by atoms with Crippen molar-refractivity contribution >= 4 is 22.5 Å². The summed E-state index contributed by atoms with van der Waals surface area (Å²) in [4.78, 5) is 5.32. The van der Waals surface area contributed by atoms with E-state index in [4.69, 9.17) is 4.74 Å². The molecule has 30 heavy (non-hydrogen) atoms. The molecule has 5 nitrogen and oxygen atoms in total. The Morgan fingerprint density at radius 2 is 1.80 bits per heavy atom. The van der Waals surface area contributed by atoms with Gasteiger partial charge in [-0.05, 0) is 54.9 Å². The van der Waals surface area contributed by atoms with Crippen LogP contribution in [-0.2, 0) is 6.54 Å². The number of benzene rings is 2. The first-order valence-corrected chi connectivity index (χ1v) is 12.1. The van der Waals surface area contributed by atoms with Gasteiger partial charge >= 0.3 is 0 Å². The summed E-state index contributed by atoms with van der Waals surface area (Å²) in [6.45, 7) is 5.87. The fourth-order valence-electron chi connectivity index (χ4n) is 4.81. The lowest BCUT2D eigenvalue weighted by Gasteiger charge is -2.40. The average molecular weight is 423 g/mol. The van der Waals surface area contributed by atoms with Crippen LogP contribution >= 0.6 is 11.8 Å². The molecule has 1 aromatic heterocycles. The molecular formula is C24H30N4OS. The van der Waals surface area contributed by atoms with Crippen molar-refractivity contribution in [3.8, 4) is 17.0 Å². The predicted molar refractivity (Wildman–Crippen MR) is 125 cm³/mol. The highest BCUT2D eigenvalue weighted by atomic mass is 32.2. The second kappa shape index (κ2) is 9.00. The highest BCUT2D eigenvalue weighted by Crippen LogP contribution is 2.29. The molecule has 0 radical (unpaired) electrons. The summed E-state index contributed by atoms with van der Waals surface area (Å²) in [6.07, 6.45) is 4.58. The van der Waals surface area contributed by atoms with E-state index in [-0.39, 0.29) is 0 Å². The minimum atomic E-state index is 0.781. The standard InChI is InChI=1S/C24H30N4OS/c1-29-23-5-4-18-14-20(3-2-19(18)15-23)24-21(16-25-26-24)17-27-8-6-22(7-9-27)28-10-12-30-13-11-28/h2-5,14-16,22H,6-13,17H2,1H3,(H,25,26). The fourth-order valence-corrected chi connectivity index (χ4v) is 5.74. The number of piperidine rings is 1. The van der Waals surface area contributed by atoms with E-state index in [9.17, 15) is 0 Å². The molecule has 2 aliphatic rings. The molecule has 1 N–H and O–H groups in total. The maximum atomic E-state index is 5.35. The minimum absolute atomic E-state index is 0.781. The Balaban J connectivity index is 1.27. The Morgan fingerprint density at radius 1 is 1.03 bits per heavy atom. The fraction of sp³-hybridized carbons (Fsp3) is 0.458. The van der Waals surface area contributed by atoms with Crippen LogP contribution in [0.1, 0.15) is 18.4 Å². The van der Waals surface area contributed by atoms with Crippen molar-refractivity contribution in [2.45, 2.75) is 25.4 Å². The maximum absolute atomic E-state index is 5.35. The van der Waals surface area contributed by atoms with Crippen molar-refractivity contribution in [3.63, 3.8) is 0 Å². The highest BCUT2D eigenvalue weighted by Gasteiger charge is 2.26. The second-order valence-electron chi connectivity index (χ2n) is 8.35. The van der Waals surface area contributed by atoms with Gasteiger partial charge in [0.1, 0.15) is 5.75 Å². The van der Waals surface area contributed by atoms with Crippen LogP contribution in [0.4, 0.5) is 0 Å². The molecule has 0 amide bonds. The zero-order valence-electron chi connectivity index (χ0n) is 17.6. The molecule has 0 aliphatic carbocycles. The molecule has 2 aromatic carbocycles. The van der Waals surface area contributed by atoms with Crippen LogP contribution in [0, 0.1) is 0 Å². The molecule has 0 unspecified atom stereocenters. The lowest BCUT2D eigenvalue weighted by atomic mass is 10.0. The van der Waals surface area contributed by atoms with Crippen LogP contribution in [0.25, 0.3) is 22.0 Å². The van der Waals surface area contributed by atoms with Gasteiger partial charge in [0.05, 0.1) is 19.0 Å². The summed E-state index contributed by atoms with van der Waals surface area (Å²) in [5, 5.41) is 10.0. The molecule has 6 heteroatoms. The van der Waals surface area contributed by atoms with Gasteiger partial charge < -0.3 is 4.74 Å². The average Bonchev–Trinajstić information content (AvgIpc) is 3.27. The number of ether oxygens (including phenoxy) is 1. The summed E-state index contributed by atoms with van der Waals surface area (Å²) in [7, 11) is 1.71. The van der Waals surface area contributed by atoms with E-state index in [1.807, 2.05) is 12.3 Å². The van der Waals surface area contributed by atoms with Gasteiger partial charge in [-0.2, -0.15) is 16.9 Å². The first-order chi connectivity index (χ1) is 14.8. The van der Waals surface area contributed by atoms with Crippen LogP contribution in [0.5, 0.6) is 5.75 Å². The SMILES string of the molecule is COc1ccc2cc(-c3[nH]ncc3CN3CCC(N4CCSCC4)CC3)ccc2c1. The molecule has 5 rings (SSSR count). The Labute approximate surface area is 182 Å². The van der Waals surface area contributed by atoms with Crippen LogP contribution in [0.3, 0.4) is 0 Å². The second-order valence-corrected chi connectivity index (χ2v) is 9.58. The van der Waals surface area contributed by atoms with Crippen molar-refractivity contribution in [1.29, 1.82) is 0 Å². The highest BCUT2D eigenvalue weighted by molar-refractivity contribution is 7.99. The summed E-state index contributed by atoms with van der Waals surface area (Å²) >= 11 is 2.10. The number of H-pyrrole nitrogens is 1. The van der Waals surface area contributed by atoms with Crippen molar-refractivity contribution in [3.05, 3.63) is 48.2 Å². The molecule has 0 spiro atoms. The number of hydrogen-bond acceptors (Lipinski definition) is 5. The van der Waals surface area contributed by atoms with Gasteiger partial charge in [0, 0.05) is 48.3 Å². The van der Waals surface area contributed by atoms with Crippen LogP contribution in [0.2, 0.25) is 0 Å². The monoisotopic (exact) mass is 422 g/mol. The summed E-state index contributed by atoms with van der Waals surface area (Å²) in [6, 6.07) is 13.6. The number of likely N-dealkylation sites (tertiary alicyclic amines) is 1. The van der Waals surface area contributed by atoms with E-state index in [0.717, 1.165) is 24.0 Å². The third-order valence-electron chi connectivity index (χ3n) is 6.57. The van der Waals surface area contributed by atoms with Crippen LogP contribution in [0.15, 0.2) is 42.6 Å². The number of hydrogen-bond donors (Lipinski definition) is 1. The van der Waals surface area contributed by atoms with Crippen LogP contribution in [-0.4, -0.2) is 70.8 Å². The third-order valence-corrected chi connectivity index (χ3v) is 7.51. The molecule has 0 bridgehead atoms. The van der Waals surface area contributed by atoms with Gasteiger partial charge in [0.15, 0.2) is 0 Å². The molecule has 3 aromatic rings. The number of nitrogens with one attached hydrogen (secondary N) is 1. The zero-order valence-corrected chi connectivity index (χ0v) is 18.5. The van der Waals surface area contributed by atoms with E-state index in [2.05, 4.69) is 62.1 Å². The lowest BCUT2D eigenvalue weighted by molar-refractivity contribution is 0.112. The van der Waals surface area contributed by atoms with Gasteiger partial charge in [-0.15, -0.1) is 0 Å². The Bertz CT molecular complexity index is 990. The number of rotatable bonds is 5. The molecular weight excluding hydrogens is 392 g/mol. The number of aromatic nitrogens is 2. The molecule has 0 atom stereocenters. The first-order valence-electron chi connectivity index (χ1n) is 10.9.